The Morgan fingerprint density at radius 1 is 0.923 bits per heavy atom. The van der Waals surface area contributed by atoms with E-state index in [0.29, 0.717) is 19.0 Å². The van der Waals surface area contributed by atoms with E-state index in [2.05, 4.69) is 0 Å². The summed E-state index contributed by atoms with van der Waals surface area (Å²) >= 11 is 0. The standard InChI is InChI=1S/C21H27N3O2/c1-22-15-18(17-9-4-5-10-19(17)22)21(26)24-12-6-11-23(13-14-24)20(25)16-7-2-3-8-16/h4-5,9-10,15-16H,2-3,6-8,11-14H2,1H3. The van der Waals surface area contributed by atoms with Gasteiger partial charge in [-0.2, -0.15) is 0 Å². The maximum atomic E-state index is 13.1. The van der Waals surface area contributed by atoms with Crippen LogP contribution in [0.2, 0.25) is 0 Å². The topological polar surface area (TPSA) is 45.6 Å². The lowest BCUT2D eigenvalue weighted by Crippen LogP contribution is -2.39. The number of para-hydroxylation sites is 1. The van der Waals surface area contributed by atoms with Gasteiger partial charge in [-0.3, -0.25) is 9.59 Å². The first-order valence-corrected chi connectivity index (χ1v) is 9.77. The number of carbonyl (C=O) groups is 2. The molecular formula is C21H27N3O2. The van der Waals surface area contributed by atoms with E-state index in [9.17, 15) is 9.59 Å². The lowest BCUT2D eigenvalue weighted by atomic mass is 10.1. The Labute approximate surface area is 154 Å². The smallest absolute Gasteiger partial charge is 0.256 e. The Bertz CT molecular complexity index is 820. The highest BCUT2D eigenvalue weighted by Crippen LogP contribution is 2.27. The first-order chi connectivity index (χ1) is 12.6. The molecule has 1 saturated carbocycles. The largest absolute Gasteiger partial charge is 0.350 e. The van der Waals surface area contributed by atoms with Crippen molar-refractivity contribution in [1.82, 2.24) is 14.4 Å². The molecule has 0 bridgehead atoms. The highest BCUT2D eigenvalue weighted by Gasteiger charge is 2.29. The summed E-state index contributed by atoms with van der Waals surface area (Å²) in [7, 11) is 1.98. The normalized spacial score (nSPS) is 19.1. The van der Waals surface area contributed by atoms with Crippen LogP contribution in [0.1, 0.15) is 42.5 Å². The van der Waals surface area contributed by atoms with Gasteiger partial charge in [0.25, 0.3) is 5.91 Å². The van der Waals surface area contributed by atoms with Gasteiger partial charge in [0.2, 0.25) is 5.91 Å². The van der Waals surface area contributed by atoms with Crippen molar-refractivity contribution < 1.29 is 9.59 Å². The number of benzene rings is 1. The third kappa shape index (κ3) is 3.11. The van der Waals surface area contributed by atoms with Crippen LogP contribution in [0.5, 0.6) is 0 Å². The van der Waals surface area contributed by atoms with Crippen LogP contribution in [-0.4, -0.2) is 52.4 Å². The molecule has 0 unspecified atom stereocenters. The lowest BCUT2D eigenvalue weighted by molar-refractivity contribution is -0.135. The van der Waals surface area contributed by atoms with Crippen molar-refractivity contribution in [3.05, 3.63) is 36.0 Å². The number of fused-ring (bicyclic) bond motifs is 1. The molecule has 1 saturated heterocycles. The predicted molar refractivity (Wildman–Crippen MR) is 102 cm³/mol. The number of amides is 2. The van der Waals surface area contributed by atoms with Gasteiger partial charge in [-0.15, -0.1) is 0 Å². The second kappa shape index (κ2) is 7.14. The zero-order valence-electron chi connectivity index (χ0n) is 15.5. The van der Waals surface area contributed by atoms with Crippen molar-refractivity contribution in [2.45, 2.75) is 32.1 Å². The summed E-state index contributed by atoms with van der Waals surface area (Å²) in [6.07, 6.45) is 7.21. The minimum Gasteiger partial charge on any atom is -0.350 e. The van der Waals surface area contributed by atoms with Crippen LogP contribution < -0.4 is 0 Å². The van der Waals surface area contributed by atoms with Gasteiger partial charge in [-0.1, -0.05) is 31.0 Å². The monoisotopic (exact) mass is 353 g/mol. The van der Waals surface area contributed by atoms with Gasteiger partial charge in [0.05, 0.1) is 5.56 Å². The van der Waals surface area contributed by atoms with Crippen molar-refractivity contribution in [2.24, 2.45) is 13.0 Å². The first-order valence-electron chi connectivity index (χ1n) is 9.77. The van der Waals surface area contributed by atoms with E-state index in [1.165, 1.54) is 12.8 Å². The van der Waals surface area contributed by atoms with Gasteiger partial charge in [0.15, 0.2) is 0 Å². The number of rotatable bonds is 2. The molecule has 1 aliphatic heterocycles. The Balaban J connectivity index is 1.48. The maximum Gasteiger partial charge on any atom is 0.256 e. The number of aryl methyl sites for hydroxylation is 1. The molecule has 4 rings (SSSR count). The summed E-state index contributed by atoms with van der Waals surface area (Å²) in [6, 6.07) is 8.02. The summed E-state index contributed by atoms with van der Waals surface area (Å²) in [5.41, 5.74) is 1.84. The number of hydrogen-bond donors (Lipinski definition) is 0. The maximum absolute atomic E-state index is 13.1. The van der Waals surface area contributed by atoms with Crippen LogP contribution in [0, 0.1) is 5.92 Å². The van der Waals surface area contributed by atoms with Gasteiger partial charge < -0.3 is 14.4 Å². The molecule has 2 amide bonds. The van der Waals surface area contributed by atoms with Crippen LogP contribution in [0.15, 0.2) is 30.5 Å². The fraction of sp³-hybridized carbons (Fsp3) is 0.524. The molecule has 5 heteroatoms. The molecule has 2 aliphatic rings. The second-order valence-corrected chi connectivity index (χ2v) is 7.62. The van der Waals surface area contributed by atoms with E-state index in [4.69, 9.17) is 0 Å². The molecule has 2 fully saturated rings. The third-order valence-electron chi connectivity index (χ3n) is 5.93. The summed E-state index contributed by atoms with van der Waals surface area (Å²) in [6.45, 7) is 2.78. The van der Waals surface area contributed by atoms with Crippen molar-refractivity contribution in [3.8, 4) is 0 Å². The van der Waals surface area contributed by atoms with Gasteiger partial charge in [-0.25, -0.2) is 0 Å². The van der Waals surface area contributed by atoms with E-state index in [0.717, 1.165) is 48.8 Å². The number of nitrogens with zero attached hydrogens (tertiary/aromatic N) is 3. The van der Waals surface area contributed by atoms with Crippen LogP contribution >= 0.6 is 0 Å². The molecule has 2 heterocycles. The first kappa shape index (κ1) is 17.1. The Hall–Kier alpha value is -2.30. The van der Waals surface area contributed by atoms with E-state index < -0.39 is 0 Å². The van der Waals surface area contributed by atoms with Crippen molar-refractivity contribution >= 4 is 22.7 Å². The summed E-state index contributed by atoms with van der Waals surface area (Å²) < 4.78 is 2.01. The molecule has 138 valence electrons. The van der Waals surface area contributed by atoms with Gasteiger partial charge >= 0.3 is 0 Å². The minimum absolute atomic E-state index is 0.0805. The highest BCUT2D eigenvalue weighted by atomic mass is 16.2. The lowest BCUT2D eigenvalue weighted by Gasteiger charge is -2.24. The van der Waals surface area contributed by atoms with Gasteiger partial charge in [-0.05, 0) is 25.3 Å². The van der Waals surface area contributed by atoms with Crippen LogP contribution in [0.25, 0.3) is 10.9 Å². The second-order valence-electron chi connectivity index (χ2n) is 7.62. The fourth-order valence-electron chi connectivity index (χ4n) is 4.45. The van der Waals surface area contributed by atoms with Crippen LogP contribution in [0.3, 0.4) is 0 Å². The molecule has 1 aromatic carbocycles. The SMILES string of the molecule is Cn1cc(C(=O)N2CCCN(C(=O)C3CCCC3)CC2)c2ccccc21. The summed E-state index contributed by atoms with van der Waals surface area (Å²) in [5.74, 6) is 0.606. The highest BCUT2D eigenvalue weighted by molar-refractivity contribution is 6.07. The molecule has 0 radical (unpaired) electrons. The molecule has 26 heavy (non-hydrogen) atoms. The van der Waals surface area contributed by atoms with E-state index in [-0.39, 0.29) is 11.8 Å². The van der Waals surface area contributed by atoms with Crippen LogP contribution in [0.4, 0.5) is 0 Å². The molecule has 1 aliphatic carbocycles. The Morgan fingerprint density at radius 2 is 1.62 bits per heavy atom. The molecule has 2 aromatic rings. The molecule has 0 N–H and O–H groups in total. The molecule has 0 atom stereocenters. The minimum atomic E-state index is 0.0805. The molecule has 0 spiro atoms. The third-order valence-corrected chi connectivity index (χ3v) is 5.93. The average molecular weight is 353 g/mol. The number of carbonyl (C=O) groups excluding carboxylic acids is 2. The molecular weight excluding hydrogens is 326 g/mol. The quantitative estimate of drug-likeness (QED) is 0.833. The number of hydrogen-bond acceptors (Lipinski definition) is 2. The number of aromatic nitrogens is 1. The van der Waals surface area contributed by atoms with E-state index in [1.807, 2.05) is 51.9 Å². The zero-order valence-corrected chi connectivity index (χ0v) is 15.5. The summed E-state index contributed by atoms with van der Waals surface area (Å²) in [5, 5.41) is 1.00. The van der Waals surface area contributed by atoms with E-state index in [1.54, 1.807) is 0 Å². The van der Waals surface area contributed by atoms with Gasteiger partial charge in [0.1, 0.15) is 0 Å². The van der Waals surface area contributed by atoms with E-state index >= 15 is 0 Å². The average Bonchev–Trinajstić information content (AvgIpc) is 3.23. The van der Waals surface area contributed by atoms with Crippen molar-refractivity contribution in [2.75, 3.05) is 26.2 Å². The Morgan fingerprint density at radius 3 is 2.42 bits per heavy atom. The Kier molecular flexibility index (Phi) is 4.70. The predicted octanol–water partition coefficient (Wildman–Crippen LogP) is 3.04. The van der Waals surface area contributed by atoms with Crippen molar-refractivity contribution in [1.29, 1.82) is 0 Å². The summed E-state index contributed by atoms with van der Waals surface area (Å²) in [4.78, 5) is 29.7. The van der Waals surface area contributed by atoms with Crippen molar-refractivity contribution in [3.63, 3.8) is 0 Å². The fourth-order valence-corrected chi connectivity index (χ4v) is 4.45. The molecule has 1 aromatic heterocycles. The molecule has 5 nitrogen and oxygen atoms in total. The zero-order chi connectivity index (χ0) is 18.1. The van der Waals surface area contributed by atoms with Gasteiger partial charge in [0, 0.05) is 56.2 Å². The van der Waals surface area contributed by atoms with Crippen LogP contribution in [-0.2, 0) is 11.8 Å².